The molecule has 3 N–H and O–H groups in total. The first kappa shape index (κ1) is 24.8. The number of carbonyl (C=O) groups excluding carboxylic acids is 1. The van der Waals surface area contributed by atoms with Crippen molar-refractivity contribution < 1.29 is 22.7 Å². The molecule has 35 heavy (non-hydrogen) atoms. The number of nitrogens with two attached hydrogens (primary N) is 1. The highest BCUT2D eigenvalue weighted by molar-refractivity contribution is 5.91. The normalized spacial score (nSPS) is 19.4. The number of aldehydes is 1. The van der Waals surface area contributed by atoms with E-state index in [1.165, 1.54) is 6.07 Å². The Kier molecular flexibility index (Phi) is 6.87. The second-order valence-electron chi connectivity index (χ2n) is 9.23. The summed E-state index contributed by atoms with van der Waals surface area (Å²) in [5.74, 6) is 2.12. The molecular weight excluding hydrogens is 457 g/mol. The third kappa shape index (κ3) is 5.33. The number of aromatic nitrogens is 2. The third-order valence-corrected chi connectivity index (χ3v) is 6.72. The van der Waals surface area contributed by atoms with Crippen molar-refractivity contribution in [3.05, 3.63) is 52.8 Å². The Bertz CT molecular complexity index is 1240. The van der Waals surface area contributed by atoms with Crippen LogP contribution in [0.1, 0.15) is 67.1 Å². The summed E-state index contributed by atoms with van der Waals surface area (Å²) < 4.78 is 45.6. The van der Waals surface area contributed by atoms with Gasteiger partial charge in [0.15, 0.2) is 0 Å². The van der Waals surface area contributed by atoms with Gasteiger partial charge in [0.2, 0.25) is 0 Å². The summed E-state index contributed by atoms with van der Waals surface area (Å²) in [6, 6.07) is 6.95. The van der Waals surface area contributed by atoms with Crippen LogP contribution in [-0.2, 0) is 11.0 Å². The molecule has 1 aromatic heterocycles. The topological polar surface area (TPSA) is 90.1 Å². The van der Waals surface area contributed by atoms with Crippen LogP contribution in [-0.4, -0.2) is 23.4 Å². The molecule has 1 aliphatic rings. The molecule has 1 aliphatic carbocycles. The molecule has 9 heteroatoms. The van der Waals surface area contributed by atoms with Gasteiger partial charge in [-0.1, -0.05) is 0 Å². The van der Waals surface area contributed by atoms with Gasteiger partial charge in [0.1, 0.15) is 23.7 Å². The zero-order valence-electron chi connectivity index (χ0n) is 19.9. The van der Waals surface area contributed by atoms with E-state index in [0.29, 0.717) is 22.7 Å². The number of carbonyl (C=O) groups is 1. The van der Waals surface area contributed by atoms with Gasteiger partial charge in [0, 0.05) is 23.1 Å². The molecule has 0 spiro atoms. The SMILES string of the molecule is COc1cc2nc(C)nc(N[C@H](C)c3cc(N)cc(C(F)(F)F)c3)c2cc1C1CCC(C=O)CC1. The van der Waals surface area contributed by atoms with E-state index in [-0.39, 0.29) is 17.5 Å². The number of hydrogen-bond donors (Lipinski definition) is 2. The molecule has 4 rings (SSSR count). The van der Waals surface area contributed by atoms with Gasteiger partial charge < -0.3 is 20.6 Å². The number of methoxy groups -OCH3 is 1. The Morgan fingerprint density at radius 1 is 1.11 bits per heavy atom. The number of halogens is 3. The zero-order valence-corrected chi connectivity index (χ0v) is 19.9. The number of benzene rings is 2. The second kappa shape index (κ2) is 9.71. The maximum atomic E-state index is 13.3. The van der Waals surface area contributed by atoms with Gasteiger partial charge >= 0.3 is 6.18 Å². The minimum Gasteiger partial charge on any atom is -0.496 e. The van der Waals surface area contributed by atoms with Crippen LogP contribution in [0.5, 0.6) is 5.75 Å². The summed E-state index contributed by atoms with van der Waals surface area (Å²) in [6.07, 6.45) is -0.0379. The van der Waals surface area contributed by atoms with E-state index in [1.807, 2.05) is 12.1 Å². The third-order valence-electron chi connectivity index (χ3n) is 6.72. The summed E-state index contributed by atoms with van der Waals surface area (Å²) in [5.41, 5.74) is 7.13. The van der Waals surface area contributed by atoms with Crippen LogP contribution in [0.2, 0.25) is 0 Å². The molecule has 186 valence electrons. The van der Waals surface area contributed by atoms with Crippen LogP contribution in [0, 0.1) is 12.8 Å². The lowest BCUT2D eigenvalue weighted by Crippen LogP contribution is -2.15. The smallest absolute Gasteiger partial charge is 0.416 e. The van der Waals surface area contributed by atoms with Crippen molar-refractivity contribution in [3.8, 4) is 5.75 Å². The first-order chi connectivity index (χ1) is 16.6. The summed E-state index contributed by atoms with van der Waals surface area (Å²) in [7, 11) is 1.62. The molecule has 1 saturated carbocycles. The number of alkyl halides is 3. The minimum atomic E-state index is -4.49. The van der Waals surface area contributed by atoms with Crippen LogP contribution in [0.4, 0.5) is 24.7 Å². The number of nitrogen functional groups attached to an aromatic ring is 1. The molecule has 0 saturated heterocycles. The highest BCUT2D eigenvalue weighted by atomic mass is 19.4. The van der Waals surface area contributed by atoms with Crippen molar-refractivity contribution in [2.75, 3.05) is 18.2 Å². The van der Waals surface area contributed by atoms with Crippen LogP contribution in [0.25, 0.3) is 10.9 Å². The molecular formula is C26H29F3N4O2. The van der Waals surface area contributed by atoms with Crippen LogP contribution in [0.3, 0.4) is 0 Å². The molecule has 2 aromatic carbocycles. The van der Waals surface area contributed by atoms with Crippen LogP contribution in [0.15, 0.2) is 30.3 Å². The van der Waals surface area contributed by atoms with Gasteiger partial charge in [0.25, 0.3) is 0 Å². The van der Waals surface area contributed by atoms with Crippen LogP contribution >= 0.6 is 0 Å². The monoisotopic (exact) mass is 486 g/mol. The van der Waals surface area contributed by atoms with Crippen molar-refractivity contribution >= 4 is 28.7 Å². The number of ether oxygens (including phenoxy) is 1. The van der Waals surface area contributed by atoms with Crippen molar-refractivity contribution in [2.45, 2.75) is 57.7 Å². The van der Waals surface area contributed by atoms with Crippen molar-refractivity contribution in [1.29, 1.82) is 0 Å². The summed E-state index contributed by atoms with van der Waals surface area (Å²) in [6.45, 7) is 3.53. The van der Waals surface area contributed by atoms with Crippen LogP contribution < -0.4 is 15.8 Å². The first-order valence-electron chi connectivity index (χ1n) is 11.6. The largest absolute Gasteiger partial charge is 0.496 e. The van der Waals surface area contributed by atoms with Crippen molar-refractivity contribution in [3.63, 3.8) is 0 Å². The predicted molar refractivity (Wildman–Crippen MR) is 129 cm³/mol. The van der Waals surface area contributed by atoms with Gasteiger partial charge in [-0.05, 0) is 80.8 Å². The lowest BCUT2D eigenvalue weighted by atomic mass is 9.78. The Hall–Kier alpha value is -3.36. The Morgan fingerprint density at radius 3 is 2.46 bits per heavy atom. The van der Waals surface area contributed by atoms with Crippen molar-refractivity contribution in [2.24, 2.45) is 5.92 Å². The predicted octanol–water partition coefficient (Wildman–Crippen LogP) is 6.19. The number of hydrogen-bond acceptors (Lipinski definition) is 6. The molecule has 6 nitrogen and oxygen atoms in total. The number of nitrogens with zero attached hydrogens (tertiary/aromatic N) is 2. The molecule has 1 fully saturated rings. The number of aryl methyl sites for hydroxylation is 1. The molecule has 0 aliphatic heterocycles. The van der Waals surface area contributed by atoms with E-state index in [4.69, 9.17) is 10.5 Å². The standard InChI is InChI=1S/C26H29F3N4O2/c1-14(18-8-19(26(27,28)29)10-20(30)9-18)31-25-22-11-21(17-6-4-16(13-34)5-7-17)24(35-3)12-23(22)32-15(2)33-25/h8-14,16-17H,4-7,30H2,1-3H3,(H,31,32,33)/t14-,16?,17?/m1/s1. The summed E-state index contributed by atoms with van der Waals surface area (Å²) in [5, 5.41) is 4.03. The lowest BCUT2D eigenvalue weighted by molar-refractivity contribution is -0.137. The minimum absolute atomic E-state index is 0.0464. The van der Waals surface area contributed by atoms with Gasteiger partial charge in [-0.25, -0.2) is 9.97 Å². The Morgan fingerprint density at radius 2 is 1.83 bits per heavy atom. The fraction of sp³-hybridized carbons (Fsp3) is 0.423. The quantitative estimate of drug-likeness (QED) is 0.319. The maximum absolute atomic E-state index is 13.3. The van der Waals surface area contributed by atoms with E-state index in [9.17, 15) is 18.0 Å². The van der Waals surface area contributed by atoms with Gasteiger partial charge in [-0.15, -0.1) is 0 Å². The highest BCUT2D eigenvalue weighted by Crippen LogP contribution is 2.42. The van der Waals surface area contributed by atoms with E-state index in [1.54, 1.807) is 21.0 Å². The fourth-order valence-corrected chi connectivity index (χ4v) is 4.84. The number of anilines is 2. The molecule has 0 radical (unpaired) electrons. The molecule has 1 atom stereocenters. The van der Waals surface area contributed by atoms with E-state index >= 15 is 0 Å². The summed E-state index contributed by atoms with van der Waals surface area (Å²) >= 11 is 0. The van der Waals surface area contributed by atoms with Gasteiger partial charge in [-0.2, -0.15) is 13.2 Å². The maximum Gasteiger partial charge on any atom is 0.416 e. The molecule has 3 aromatic rings. The molecule has 0 amide bonds. The van der Waals surface area contributed by atoms with Gasteiger partial charge in [-0.3, -0.25) is 0 Å². The van der Waals surface area contributed by atoms with E-state index in [0.717, 1.165) is 60.8 Å². The summed E-state index contributed by atoms with van der Waals surface area (Å²) in [4.78, 5) is 20.3. The average molecular weight is 487 g/mol. The lowest BCUT2D eigenvalue weighted by Gasteiger charge is -2.27. The number of nitrogens with one attached hydrogen (secondary N) is 1. The average Bonchev–Trinajstić information content (AvgIpc) is 2.82. The Labute approximate surface area is 202 Å². The first-order valence-corrected chi connectivity index (χ1v) is 11.6. The van der Waals surface area contributed by atoms with E-state index in [2.05, 4.69) is 15.3 Å². The number of fused-ring (bicyclic) bond motifs is 1. The molecule has 0 bridgehead atoms. The Balaban J connectivity index is 1.72. The zero-order chi connectivity index (χ0) is 25.3. The van der Waals surface area contributed by atoms with Crippen molar-refractivity contribution in [1.82, 2.24) is 9.97 Å². The number of rotatable bonds is 6. The highest BCUT2D eigenvalue weighted by Gasteiger charge is 2.31. The fourth-order valence-electron chi connectivity index (χ4n) is 4.84. The van der Waals surface area contributed by atoms with Gasteiger partial charge in [0.05, 0.1) is 24.2 Å². The molecule has 1 heterocycles. The molecule has 0 unspecified atom stereocenters. The van der Waals surface area contributed by atoms with E-state index < -0.39 is 17.8 Å². The second-order valence-corrected chi connectivity index (χ2v) is 9.23.